The molecule has 3 unspecified atom stereocenters. The van der Waals surface area contributed by atoms with Gasteiger partial charge in [-0.3, -0.25) is 9.59 Å². The number of rotatable bonds is 7. The molecule has 2 saturated carbocycles. The van der Waals surface area contributed by atoms with E-state index in [2.05, 4.69) is 15.6 Å². The number of aliphatic hydroxyl groups is 1. The van der Waals surface area contributed by atoms with E-state index in [0.29, 0.717) is 30.1 Å². The first kappa shape index (κ1) is 28.5. The number of hydrogen-bond acceptors (Lipinski definition) is 7. The fraction of sp³-hybridized carbons (Fsp3) is 0.346. The molecule has 2 bridgehead atoms. The highest BCUT2D eigenvalue weighted by molar-refractivity contribution is 7.92. The van der Waals surface area contributed by atoms with Gasteiger partial charge in [-0.15, -0.1) is 11.3 Å². The molecule has 0 radical (unpaired) electrons. The highest BCUT2D eigenvalue weighted by atomic mass is 35.5. The number of anilines is 2. The van der Waals surface area contributed by atoms with E-state index in [9.17, 15) is 36.3 Å². The number of sulfone groups is 1. The average Bonchev–Trinajstić information content (AvgIpc) is 3.41. The first-order valence-electron chi connectivity index (χ1n) is 12.3. The van der Waals surface area contributed by atoms with E-state index >= 15 is 0 Å². The summed E-state index contributed by atoms with van der Waals surface area (Å²) in [5.41, 5.74) is -1.87. The molecule has 3 N–H and O–H groups in total. The van der Waals surface area contributed by atoms with Gasteiger partial charge in [0.25, 0.3) is 5.91 Å². The SMILES string of the molecule is O=C(CC1(O)C2CC[C@H]1CC(S(=O)(=O)c1cc(C(=O)Nc3cc(F)c(F)c(F)c3)ccc1Cl)C2)Nc1nccs1. The number of hydrogen-bond donors (Lipinski definition) is 3. The molecule has 3 aromatic rings. The van der Waals surface area contributed by atoms with Crippen molar-refractivity contribution >= 4 is 55.4 Å². The van der Waals surface area contributed by atoms with Crippen molar-refractivity contribution in [2.75, 3.05) is 10.6 Å². The lowest BCUT2D eigenvalue weighted by molar-refractivity contribution is -0.127. The van der Waals surface area contributed by atoms with Gasteiger partial charge in [-0.1, -0.05) is 11.6 Å². The van der Waals surface area contributed by atoms with Crippen LogP contribution in [-0.4, -0.2) is 41.2 Å². The van der Waals surface area contributed by atoms with Gasteiger partial charge in [0.2, 0.25) is 5.91 Å². The summed E-state index contributed by atoms with van der Waals surface area (Å²) in [7, 11) is -4.09. The maximum Gasteiger partial charge on any atom is 0.255 e. The van der Waals surface area contributed by atoms with Crippen LogP contribution >= 0.6 is 22.9 Å². The summed E-state index contributed by atoms with van der Waals surface area (Å²) in [4.78, 5) is 29.0. The highest BCUT2D eigenvalue weighted by Crippen LogP contribution is 2.53. The molecule has 2 aliphatic rings. The van der Waals surface area contributed by atoms with Crippen LogP contribution in [0.5, 0.6) is 0 Å². The van der Waals surface area contributed by atoms with Gasteiger partial charge < -0.3 is 15.7 Å². The highest BCUT2D eigenvalue weighted by Gasteiger charge is 2.56. The van der Waals surface area contributed by atoms with Gasteiger partial charge in [0, 0.05) is 35.0 Å². The summed E-state index contributed by atoms with van der Waals surface area (Å²) >= 11 is 7.49. The molecule has 1 heterocycles. The second-order valence-electron chi connectivity index (χ2n) is 10.0. The number of carbonyl (C=O) groups is 2. The van der Waals surface area contributed by atoms with Crippen LogP contribution in [0.15, 0.2) is 46.8 Å². The monoisotopic (exact) mass is 613 g/mol. The average molecular weight is 614 g/mol. The molecule has 0 spiro atoms. The Morgan fingerprint density at radius 2 is 1.73 bits per heavy atom. The predicted molar refractivity (Wildman–Crippen MR) is 142 cm³/mol. The van der Waals surface area contributed by atoms with Gasteiger partial charge >= 0.3 is 0 Å². The second kappa shape index (κ2) is 10.8. The molecule has 8 nitrogen and oxygen atoms in total. The number of carbonyl (C=O) groups excluding carboxylic acids is 2. The van der Waals surface area contributed by atoms with E-state index in [1.807, 2.05) is 0 Å². The van der Waals surface area contributed by atoms with Crippen LogP contribution in [0.4, 0.5) is 24.0 Å². The zero-order valence-electron chi connectivity index (χ0n) is 20.7. The third-order valence-corrected chi connectivity index (χ3v) is 11.0. The van der Waals surface area contributed by atoms with Gasteiger partial charge in [-0.25, -0.2) is 26.6 Å². The maximum absolute atomic E-state index is 13.7. The summed E-state index contributed by atoms with van der Waals surface area (Å²) in [5.74, 6) is -6.86. The smallest absolute Gasteiger partial charge is 0.255 e. The number of nitrogens with one attached hydrogen (secondary N) is 2. The largest absolute Gasteiger partial charge is 0.389 e. The molecule has 2 fully saturated rings. The minimum absolute atomic E-state index is 0.0980. The summed E-state index contributed by atoms with van der Waals surface area (Å²) in [5, 5.41) is 17.4. The van der Waals surface area contributed by atoms with E-state index in [0.717, 1.165) is 6.07 Å². The van der Waals surface area contributed by atoms with Crippen molar-refractivity contribution in [1.29, 1.82) is 0 Å². The first-order chi connectivity index (χ1) is 18.9. The first-order valence-corrected chi connectivity index (χ1v) is 15.1. The molecule has 2 aliphatic carbocycles. The van der Waals surface area contributed by atoms with Crippen LogP contribution < -0.4 is 10.6 Å². The summed E-state index contributed by atoms with van der Waals surface area (Å²) in [6, 6.07) is 4.75. The van der Waals surface area contributed by atoms with Crippen molar-refractivity contribution in [2.24, 2.45) is 11.8 Å². The normalized spacial score (nSPS) is 24.1. The Hall–Kier alpha value is -3.00. The van der Waals surface area contributed by atoms with Crippen LogP contribution in [0.3, 0.4) is 0 Å². The summed E-state index contributed by atoms with van der Waals surface area (Å²) in [6.45, 7) is 0. The molecule has 1 aromatic heterocycles. The maximum atomic E-state index is 13.7. The van der Waals surface area contributed by atoms with Gasteiger partial charge in [0.05, 0.1) is 27.2 Å². The number of benzene rings is 2. The van der Waals surface area contributed by atoms with Gasteiger partial charge in [-0.05, 0) is 55.7 Å². The number of nitrogens with zero attached hydrogens (tertiary/aromatic N) is 1. The fourth-order valence-corrected chi connectivity index (χ4v) is 8.68. The number of fused-ring (bicyclic) bond motifs is 2. The molecule has 5 rings (SSSR count). The van der Waals surface area contributed by atoms with Gasteiger partial charge in [0.1, 0.15) is 0 Å². The lowest BCUT2D eigenvalue weighted by atomic mass is 9.72. The number of amides is 2. The molecule has 2 aromatic carbocycles. The zero-order valence-corrected chi connectivity index (χ0v) is 23.1. The summed E-state index contributed by atoms with van der Waals surface area (Å²) in [6.07, 6.45) is 2.66. The van der Waals surface area contributed by atoms with Crippen molar-refractivity contribution in [3.63, 3.8) is 0 Å². The molecule has 212 valence electrons. The van der Waals surface area contributed by atoms with Crippen molar-refractivity contribution < 1.29 is 36.3 Å². The van der Waals surface area contributed by atoms with E-state index in [-0.39, 0.29) is 40.4 Å². The standard InChI is InChI=1S/C26H23ClF3N3O5S2/c27-18-4-1-13(24(35)32-16-10-19(28)23(30)20(29)11-16)7-21(18)40(37,38)17-8-14-2-3-15(9-17)26(14,36)12-22(34)33-25-31-5-6-39-25/h1,4-7,10-11,14-15,17,36H,2-3,8-9,12H2,(H,32,35)(H,31,33,34)/t14-,15?,17?,26?/m0/s1. The predicted octanol–water partition coefficient (Wildman–Crippen LogP) is 5.19. The summed E-state index contributed by atoms with van der Waals surface area (Å²) < 4.78 is 67.7. The van der Waals surface area contributed by atoms with Crippen LogP contribution in [0.25, 0.3) is 0 Å². The molecule has 4 atom stereocenters. The molecule has 40 heavy (non-hydrogen) atoms. The van der Waals surface area contributed by atoms with Gasteiger partial charge in [-0.2, -0.15) is 0 Å². The number of aromatic nitrogens is 1. The van der Waals surface area contributed by atoms with Crippen molar-refractivity contribution in [2.45, 2.75) is 47.9 Å². The molecular weight excluding hydrogens is 591 g/mol. The van der Waals surface area contributed by atoms with Crippen LogP contribution in [0.1, 0.15) is 42.5 Å². The van der Waals surface area contributed by atoms with E-state index in [1.54, 1.807) is 11.6 Å². The Labute approximate surface area is 236 Å². The minimum atomic E-state index is -4.09. The zero-order chi connectivity index (χ0) is 28.8. The van der Waals surface area contributed by atoms with Crippen molar-refractivity contribution in [3.8, 4) is 0 Å². The molecule has 0 aliphatic heterocycles. The topological polar surface area (TPSA) is 125 Å². The third-order valence-electron chi connectivity index (χ3n) is 7.68. The number of thiazole rings is 1. The molecular formula is C26H23ClF3N3O5S2. The Balaban J connectivity index is 1.33. The second-order valence-corrected chi connectivity index (χ2v) is 13.5. The molecule has 2 amide bonds. The fourth-order valence-electron chi connectivity index (χ4n) is 5.73. The van der Waals surface area contributed by atoms with E-state index in [4.69, 9.17) is 11.6 Å². The van der Waals surface area contributed by atoms with Crippen LogP contribution in [0, 0.1) is 29.3 Å². The minimum Gasteiger partial charge on any atom is -0.389 e. The quantitative estimate of drug-likeness (QED) is 0.315. The van der Waals surface area contributed by atoms with E-state index in [1.165, 1.54) is 23.5 Å². The molecule has 0 saturated heterocycles. The Morgan fingerprint density at radius 1 is 1.07 bits per heavy atom. The Kier molecular flexibility index (Phi) is 7.68. The van der Waals surface area contributed by atoms with Crippen molar-refractivity contribution in [1.82, 2.24) is 4.98 Å². The molecule has 14 heteroatoms. The lowest BCUT2D eigenvalue weighted by Gasteiger charge is -2.42. The Bertz CT molecular complexity index is 1550. The van der Waals surface area contributed by atoms with Crippen LogP contribution in [0.2, 0.25) is 5.02 Å². The van der Waals surface area contributed by atoms with Crippen LogP contribution in [-0.2, 0) is 14.6 Å². The van der Waals surface area contributed by atoms with Gasteiger partial charge in [0.15, 0.2) is 32.4 Å². The lowest BCUT2D eigenvalue weighted by Crippen LogP contribution is -2.50. The van der Waals surface area contributed by atoms with Crippen molar-refractivity contribution in [3.05, 3.63) is 69.9 Å². The van der Waals surface area contributed by atoms with E-state index < -0.39 is 61.8 Å². The third kappa shape index (κ3) is 5.35. The number of halogens is 4. The Morgan fingerprint density at radius 3 is 2.33 bits per heavy atom.